The topological polar surface area (TPSA) is 106 Å². The third-order valence-electron chi connectivity index (χ3n) is 6.05. The van der Waals surface area contributed by atoms with Crippen LogP contribution in [-0.4, -0.2) is 43.2 Å². The first-order chi connectivity index (χ1) is 15.4. The summed E-state index contributed by atoms with van der Waals surface area (Å²) in [5, 5.41) is 0. The molecule has 2 aromatic heterocycles. The van der Waals surface area contributed by atoms with Gasteiger partial charge in [0.1, 0.15) is 11.4 Å². The fourth-order valence-corrected chi connectivity index (χ4v) is 5.66. The average Bonchev–Trinajstić information content (AvgIpc) is 2.81. The summed E-state index contributed by atoms with van der Waals surface area (Å²) < 4.78 is 34.8. The minimum Gasteiger partial charge on any atom is -0.497 e. The first kappa shape index (κ1) is 20.5. The Balaban J connectivity index is 1.42. The molecule has 166 valence electrons. The molecule has 0 amide bonds. The van der Waals surface area contributed by atoms with E-state index in [1.165, 1.54) is 19.2 Å². The number of hydrogen-bond acceptors (Lipinski definition) is 7. The van der Waals surface area contributed by atoms with E-state index >= 15 is 0 Å². The lowest BCUT2D eigenvalue weighted by Gasteiger charge is -2.42. The lowest BCUT2D eigenvalue weighted by atomic mass is 9.83. The van der Waals surface area contributed by atoms with Crippen molar-refractivity contribution in [1.82, 2.24) is 14.5 Å². The van der Waals surface area contributed by atoms with Gasteiger partial charge in [-0.25, -0.2) is 18.4 Å². The van der Waals surface area contributed by atoms with Crippen molar-refractivity contribution in [1.29, 1.82) is 0 Å². The van der Waals surface area contributed by atoms with Gasteiger partial charge in [-0.1, -0.05) is 0 Å². The van der Waals surface area contributed by atoms with Gasteiger partial charge in [0.2, 0.25) is 5.95 Å². The van der Waals surface area contributed by atoms with Gasteiger partial charge >= 0.3 is 0 Å². The first-order valence-electron chi connectivity index (χ1n) is 10.4. The van der Waals surface area contributed by atoms with Crippen molar-refractivity contribution < 1.29 is 13.2 Å². The normalized spacial score (nSPS) is 19.8. The monoisotopic (exact) mass is 453 g/mol. The first-order valence-corrected chi connectivity index (χ1v) is 11.9. The Kier molecular flexibility index (Phi) is 5.09. The minimum absolute atomic E-state index is 0.0489. The Bertz CT molecular complexity index is 1290. The van der Waals surface area contributed by atoms with Crippen LogP contribution in [0.4, 0.5) is 11.6 Å². The van der Waals surface area contributed by atoms with Gasteiger partial charge in [0.05, 0.1) is 12.0 Å². The molecule has 0 saturated carbocycles. The number of fused-ring (bicyclic) bond motifs is 4. The van der Waals surface area contributed by atoms with Gasteiger partial charge in [0, 0.05) is 43.6 Å². The number of nitrogens with zero attached hydrogens (tertiary/aromatic N) is 4. The maximum Gasteiger partial charge on any atom is 0.275 e. The molecule has 0 unspecified atom stereocenters. The van der Waals surface area contributed by atoms with Crippen molar-refractivity contribution in [2.75, 3.05) is 29.8 Å². The second-order valence-corrected chi connectivity index (χ2v) is 9.80. The van der Waals surface area contributed by atoms with Gasteiger partial charge in [0.15, 0.2) is 0 Å². The molecule has 0 aliphatic carbocycles. The Morgan fingerprint density at radius 2 is 1.78 bits per heavy atom. The largest absolute Gasteiger partial charge is 0.497 e. The van der Waals surface area contributed by atoms with Crippen LogP contribution >= 0.6 is 0 Å². The minimum atomic E-state index is -3.89. The molecule has 1 aromatic carbocycles. The smallest absolute Gasteiger partial charge is 0.275 e. The quantitative estimate of drug-likeness (QED) is 0.630. The number of anilines is 2. The average molecular weight is 454 g/mol. The summed E-state index contributed by atoms with van der Waals surface area (Å²) in [6.07, 6.45) is 4.44. The summed E-state index contributed by atoms with van der Waals surface area (Å²) in [4.78, 5) is 24.1. The highest BCUT2D eigenvalue weighted by molar-refractivity contribution is 7.92. The predicted molar refractivity (Wildman–Crippen MR) is 120 cm³/mol. The lowest BCUT2D eigenvalue weighted by molar-refractivity contribution is 0.280. The number of piperidine rings is 1. The summed E-state index contributed by atoms with van der Waals surface area (Å²) in [5.74, 6) is 1.67. The fraction of sp³-hybridized carbons (Fsp3) is 0.318. The summed E-state index contributed by atoms with van der Waals surface area (Å²) in [6, 6.07) is 11.2. The molecule has 0 radical (unpaired) electrons. The Morgan fingerprint density at radius 3 is 2.50 bits per heavy atom. The van der Waals surface area contributed by atoms with Crippen molar-refractivity contribution in [2.45, 2.75) is 23.8 Å². The third-order valence-corrected chi connectivity index (χ3v) is 7.43. The van der Waals surface area contributed by atoms with Crippen molar-refractivity contribution in [3.63, 3.8) is 0 Å². The maximum absolute atomic E-state index is 13.2. The van der Waals surface area contributed by atoms with E-state index in [9.17, 15) is 13.2 Å². The number of aromatic nitrogens is 3. The van der Waals surface area contributed by atoms with E-state index in [0.717, 1.165) is 25.2 Å². The second kappa shape index (κ2) is 7.94. The van der Waals surface area contributed by atoms with Crippen molar-refractivity contribution in [3.8, 4) is 5.75 Å². The van der Waals surface area contributed by atoms with Crippen molar-refractivity contribution >= 4 is 21.7 Å². The van der Waals surface area contributed by atoms with Gasteiger partial charge < -0.3 is 14.2 Å². The van der Waals surface area contributed by atoms with Crippen LogP contribution < -0.4 is 19.9 Å². The molecule has 3 aromatic rings. The molecule has 2 aliphatic rings. The highest BCUT2D eigenvalue weighted by Crippen LogP contribution is 2.36. The van der Waals surface area contributed by atoms with E-state index in [1.54, 1.807) is 41.2 Å². The lowest BCUT2D eigenvalue weighted by Crippen LogP contribution is -2.48. The van der Waals surface area contributed by atoms with E-state index in [1.807, 2.05) is 6.07 Å². The van der Waals surface area contributed by atoms with Gasteiger partial charge in [-0.15, -0.1) is 0 Å². The molecule has 1 saturated heterocycles. The molecule has 2 aliphatic heterocycles. The number of nitrogens with one attached hydrogen (secondary N) is 1. The van der Waals surface area contributed by atoms with Crippen LogP contribution in [0.3, 0.4) is 0 Å². The summed E-state index contributed by atoms with van der Waals surface area (Å²) in [5.41, 5.74) is 0.644. The van der Waals surface area contributed by atoms with Crippen LogP contribution in [0.15, 0.2) is 64.5 Å². The Morgan fingerprint density at radius 1 is 1.03 bits per heavy atom. The highest BCUT2D eigenvalue weighted by Gasteiger charge is 2.36. The molecule has 4 heterocycles. The summed E-state index contributed by atoms with van der Waals surface area (Å²) in [6.45, 7) is 2.01. The molecule has 1 fully saturated rings. The van der Waals surface area contributed by atoms with E-state index in [0.29, 0.717) is 18.2 Å². The number of rotatable bonds is 5. The molecule has 10 heteroatoms. The zero-order valence-electron chi connectivity index (χ0n) is 17.5. The number of benzene rings is 1. The van der Waals surface area contributed by atoms with Crippen molar-refractivity contribution in [3.05, 3.63) is 70.9 Å². The van der Waals surface area contributed by atoms with Crippen LogP contribution in [-0.2, 0) is 16.6 Å². The molecular formula is C22H23N5O4S. The summed E-state index contributed by atoms with van der Waals surface area (Å²) in [7, 11) is -2.38. The van der Waals surface area contributed by atoms with E-state index in [-0.39, 0.29) is 28.0 Å². The fourth-order valence-electron chi connectivity index (χ4n) is 4.60. The Hall–Kier alpha value is -3.40. The second-order valence-electron chi connectivity index (χ2n) is 8.12. The molecule has 9 nitrogen and oxygen atoms in total. The van der Waals surface area contributed by atoms with Gasteiger partial charge in [-0.2, -0.15) is 0 Å². The van der Waals surface area contributed by atoms with Gasteiger partial charge in [0.25, 0.3) is 15.6 Å². The number of hydrogen-bond donors (Lipinski definition) is 1. The number of ether oxygens (including phenoxy) is 1. The van der Waals surface area contributed by atoms with Crippen LogP contribution in [0.1, 0.15) is 18.0 Å². The van der Waals surface area contributed by atoms with Crippen molar-refractivity contribution in [2.24, 2.45) is 5.92 Å². The SMILES string of the molecule is COc1ccc(S(=O)(=O)Nc2ccc3n(c2=O)C[C@@H]2C[C@@H]3CN(c3ncccn3)C2)cc1. The molecule has 2 atom stereocenters. The van der Waals surface area contributed by atoms with E-state index < -0.39 is 10.0 Å². The standard InChI is InChI=1S/C22H23N5O4S/c1-31-17-3-5-18(6-4-17)32(29,30)25-19-7-8-20-16-11-15(13-27(20)21(19)28)12-26(14-16)22-23-9-2-10-24-22/h2-10,15-16,25H,11-14H2,1H3/t15-,16-/m1/s1. The van der Waals surface area contributed by atoms with Crippen LogP contribution in [0.2, 0.25) is 0 Å². The maximum atomic E-state index is 13.2. The molecule has 1 N–H and O–H groups in total. The molecule has 0 spiro atoms. The zero-order valence-corrected chi connectivity index (χ0v) is 18.3. The third kappa shape index (κ3) is 3.70. The molecule has 32 heavy (non-hydrogen) atoms. The predicted octanol–water partition coefficient (Wildman–Crippen LogP) is 2.07. The number of pyridine rings is 1. The number of methoxy groups -OCH3 is 1. The zero-order chi connectivity index (χ0) is 22.3. The van der Waals surface area contributed by atoms with Crippen LogP contribution in [0, 0.1) is 5.92 Å². The highest BCUT2D eigenvalue weighted by atomic mass is 32.2. The van der Waals surface area contributed by atoms with Crippen LogP contribution in [0.25, 0.3) is 0 Å². The Labute approximate surface area is 185 Å². The molecule has 5 rings (SSSR count). The van der Waals surface area contributed by atoms with Gasteiger partial charge in [-0.3, -0.25) is 9.52 Å². The van der Waals surface area contributed by atoms with E-state index in [2.05, 4.69) is 19.6 Å². The summed E-state index contributed by atoms with van der Waals surface area (Å²) >= 11 is 0. The number of sulfonamides is 1. The molecule has 2 bridgehead atoms. The van der Waals surface area contributed by atoms with Gasteiger partial charge in [-0.05, 0) is 54.8 Å². The van der Waals surface area contributed by atoms with Crippen LogP contribution in [0.5, 0.6) is 5.75 Å². The van der Waals surface area contributed by atoms with E-state index in [4.69, 9.17) is 4.74 Å². The molecular weight excluding hydrogens is 430 g/mol.